The first-order valence-electron chi connectivity index (χ1n) is 10.3. The maximum Gasteiger partial charge on any atom is 0.407 e. The molecule has 8 heteroatoms. The molecule has 170 valence electrons. The second-order valence-corrected chi connectivity index (χ2v) is 9.15. The van der Waals surface area contributed by atoms with Gasteiger partial charge in [-0.05, 0) is 50.2 Å². The molecular weight excluding hydrogens is 398 g/mol. The number of aromatic nitrogens is 1. The first-order chi connectivity index (χ1) is 14.4. The maximum absolute atomic E-state index is 12.9. The molecule has 1 aliphatic rings. The smallest absolute Gasteiger partial charge is 0.407 e. The van der Waals surface area contributed by atoms with E-state index in [1.807, 2.05) is 53.2 Å². The van der Waals surface area contributed by atoms with E-state index in [4.69, 9.17) is 14.6 Å². The number of ether oxygens (including phenoxy) is 1. The topological polar surface area (TPSA) is 101 Å². The molecule has 0 aliphatic carbocycles. The third-order valence-corrected chi connectivity index (χ3v) is 4.86. The molecule has 3 rings (SSSR count). The zero-order valence-electron chi connectivity index (χ0n) is 19.2. The van der Waals surface area contributed by atoms with Crippen LogP contribution in [-0.2, 0) is 22.4 Å². The summed E-state index contributed by atoms with van der Waals surface area (Å²) in [4.78, 5) is 35.3. The van der Waals surface area contributed by atoms with Crippen LogP contribution in [0.4, 0.5) is 4.79 Å². The molecule has 2 heterocycles. The van der Waals surface area contributed by atoms with Crippen molar-refractivity contribution in [3.8, 4) is 0 Å². The molecule has 0 saturated carbocycles. The standard InChI is InChI=1S/C21H29N3O3.C2H4O2/c1-21(2,3)19(25)24-12-15(8-9-23(4)5)17-11-14(6-7-18(17)24)10-16-13-27-20(26)22-16;1-2(3)4/h6-7,11-12,16H,8-10,13H2,1-5H3,(H,22,26);1H3,(H,3,4). The number of carboxylic acid groups (broad SMARTS) is 1. The SMILES string of the molecule is CC(=O)O.CN(C)CCc1cn(C(=O)C(C)(C)C)c2ccc(CC3COC(=O)N3)cc12. The molecule has 1 saturated heterocycles. The van der Waals surface area contributed by atoms with Gasteiger partial charge in [-0.3, -0.25) is 14.2 Å². The molecule has 1 aromatic carbocycles. The Labute approximate surface area is 183 Å². The van der Waals surface area contributed by atoms with Crippen LogP contribution in [0.15, 0.2) is 24.4 Å². The third-order valence-electron chi connectivity index (χ3n) is 4.86. The summed E-state index contributed by atoms with van der Waals surface area (Å²) in [6.45, 7) is 8.22. The van der Waals surface area contributed by atoms with Gasteiger partial charge in [0, 0.05) is 30.5 Å². The maximum atomic E-state index is 12.9. The van der Waals surface area contributed by atoms with E-state index in [0.717, 1.165) is 36.4 Å². The number of nitrogens with one attached hydrogen (secondary N) is 1. The normalized spacial score (nSPS) is 16.0. The average Bonchev–Trinajstić information content (AvgIpc) is 3.21. The van der Waals surface area contributed by atoms with Crippen LogP contribution >= 0.6 is 0 Å². The highest BCUT2D eigenvalue weighted by Crippen LogP contribution is 2.28. The van der Waals surface area contributed by atoms with Gasteiger partial charge in [0.1, 0.15) is 6.61 Å². The summed E-state index contributed by atoms with van der Waals surface area (Å²) in [5.74, 6) is -0.743. The van der Waals surface area contributed by atoms with E-state index in [1.54, 1.807) is 4.57 Å². The van der Waals surface area contributed by atoms with Crippen molar-refractivity contribution >= 4 is 28.9 Å². The molecule has 1 aliphatic heterocycles. The predicted molar refractivity (Wildman–Crippen MR) is 120 cm³/mol. The molecule has 1 amide bonds. The van der Waals surface area contributed by atoms with Crippen LogP contribution in [0.2, 0.25) is 0 Å². The Hall–Kier alpha value is -2.87. The van der Waals surface area contributed by atoms with E-state index in [1.165, 1.54) is 5.56 Å². The summed E-state index contributed by atoms with van der Waals surface area (Å²) < 4.78 is 6.78. The Morgan fingerprint density at radius 2 is 1.94 bits per heavy atom. The van der Waals surface area contributed by atoms with Crippen molar-refractivity contribution in [3.05, 3.63) is 35.5 Å². The number of rotatable bonds is 5. The number of alkyl carbamates (subject to hydrolysis) is 1. The Morgan fingerprint density at radius 3 is 2.45 bits per heavy atom. The Morgan fingerprint density at radius 1 is 1.29 bits per heavy atom. The third kappa shape index (κ3) is 6.82. The molecule has 2 aromatic rings. The lowest BCUT2D eigenvalue weighted by atomic mass is 9.95. The van der Waals surface area contributed by atoms with Crippen molar-refractivity contribution in [2.45, 2.75) is 46.6 Å². The summed E-state index contributed by atoms with van der Waals surface area (Å²) >= 11 is 0. The Bertz CT molecular complexity index is 952. The molecule has 31 heavy (non-hydrogen) atoms. The molecule has 2 N–H and O–H groups in total. The van der Waals surface area contributed by atoms with Crippen molar-refractivity contribution in [1.82, 2.24) is 14.8 Å². The fraction of sp³-hybridized carbons (Fsp3) is 0.522. The van der Waals surface area contributed by atoms with Crippen LogP contribution in [0.5, 0.6) is 0 Å². The lowest BCUT2D eigenvalue weighted by Crippen LogP contribution is -2.28. The minimum absolute atomic E-state index is 0.00142. The van der Waals surface area contributed by atoms with Crippen LogP contribution < -0.4 is 5.32 Å². The Balaban J connectivity index is 0.000000785. The molecule has 1 atom stereocenters. The highest BCUT2D eigenvalue weighted by atomic mass is 16.6. The second-order valence-electron chi connectivity index (χ2n) is 9.15. The molecule has 8 nitrogen and oxygen atoms in total. The highest BCUT2D eigenvalue weighted by molar-refractivity contribution is 5.96. The first kappa shape index (κ1) is 24.4. The number of cyclic esters (lactones) is 1. The van der Waals surface area contributed by atoms with Crippen molar-refractivity contribution in [1.29, 1.82) is 0 Å². The van der Waals surface area contributed by atoms with Gasteiger partial charge in [0.15, 0.2) is 0 Å². The number of likely N-dealkylation sites (N-methyl/N-ethyl adjacent to an activating group) is 1. The van der Waals surface area contributed by atoms with Gasteiger partial charge in [0.05, 0.1) is 11.6 Å². The molecular formula is C23H33N3O5. The van der Waals surface area contributed by atoms with Crippen LogP contribution in [0, 0.1) is 5.41 Å². The van der Waals surface area contributed by atoms with Gasteiger partial charge in [-0.15, -0.1) is 0 Å². The summed E-state index contributed by atoms with van der Waals surface area (Å²) in [7, 11) is 4.10. The molecule has 1 aromatic heterocycles. The van der Waals surface area contributed by atoms with Gasteiger partial charge in [-0.25, -0.2) is 4.79 Å². The van der Waals surface area contributed by atoms with Gasteiger partial charge in [-0.2, -0.15) is 0 Å². The number of carboxylic acids is 1. The molecule has 0 bridgehead atoms. The summed E-state index contributed by atoms with van der Waals surface area (Å²) in [5.41, 5.74) is 2.80. The number of aliphatic carboxylic acids is 1. The average molecular weight is 432 g/mol. The fourth-order valence-corrected chi connectivity index (χ4v) is 3.37. The second kappa shape index (κ2) is 9.96. The number of carbonyl (C=O) groups is 3. The fourth-order valence-electron chi connectivity index (χ4n) is 3.37. The van der Waals surface area contributed by atoms with E-state index in [2.05, 4.69) is 16.3 Å². The number of hydrogen-bond donors (Lipinski definition) is 2. The minimum atomic E-state index is -0.833. The minimum Gasteiger partial charge on any atom is -0.481 e. The summed E-state index contributed by atoms with van der Waals surface area (Å²) in [5, 5.41) is 11.3. The van der Waals surface area contributed by atoms with Gasteiger partial charge in [0.2, 0.25) is 5.91 Å². The van der Waals surface area contributed by atoms with Crippen LogP contribution in [0.3, 0.4) is 0 Å². The van der Waals surface area contributed by atoms with E-state index in [-0.39, 0.29) is 18.0 Å². The summed E-state index contributed by atoms with van der Waals surface area (Å²) in [6, 6.07) is 6.20. The number of hydrogen-bond acceptors (Lipinski definition) is 5. The summed E-state index contributed by atoms with van der Waals surface area (Å²) in [6.07, 6.45) is 3.23. The van der Waals surface area contributed by atoms with Gasteiger partial charge < -0.3 is 20.1 Å². The highest BCUT2D eigenvalue weighted by Gasteiger charge is 2.26. The van der Waals surface area contributed by atoms with E-state index >= 15 is 0 Å². The molecule has 1 unspecified atom stereocenters. The predicted octanol–water partition coefficient (Wildman–Crippen LogP) is 3.17. The number of benzene rings is 1. The number of fused-ring (bicyclic) bond motifs is 1. The van der Waals surface area contributed by atoms with Crippen molar-refractivity contribution in [3.63, 3.8) is 0 Å². The largest absolute Gasteiger partial charge is 0.481 e. The van der Waals surface area contributed by atoms with Crippen LogP contribution in [0.1, 0.15) is 43.6 Å². The number of amides is 1. The number of nitrogens with zero attached hydrogens (tertiary/aromatic N) is 2. The van der Waals surface area contributed by atoms with Crippen molar-refractivity contribution in [2.24, 2.45) is 5.41 Å². The zero-order chi connectivity index (χ0) is 23.3. The van der Waals surface area contributed by atoms with Crippen LogP contribution in [0.25, 0.3) is 10.9 Å². The van der Waals surface area contributed by atoms with E-state index in [9.17, 15) is 9.59 Å². The quantitative estimate of drug-likeness (QED) is 0.754. The molecule has 0 radical (unpaired) electrons. The lowest BCUT2D eigenvalue weighted by Gasteiger charge is -2.18. The van der Waals surface area contributed by atoms with Gasteiger partial charge >= 0.3 is 6.09 Å². The lowest BCUT2D eigenvalue weighted by molar-refractivity contribution is -0.134. The monoisotopic (exact) mass is 431 g/mol. The van der Waals surface area contributed by atoms with Crippen LogP contribution in [-0.4, -0.2) is 65.8 Å². The Kier molecular flexibility index (Phi) is 7.84. The number of carbonyl (C=O) groups excluding carboxylic acids is 2. The van der Waals surface area contributed by atoms with Crippen molar-refractivity contribution < 1.29 is 24.2 Å². The van der Waals surface area contributed by atoms with Gasteiger partial charge in [-0.1, -0.05) is 26.8 Å². The van der Waals surface area contributed by atoms with Gasteiger partial charge in [0.25, 0.3) is 5.97 Å². The first-order valence-corrected chi connectivity index (χ1v) is 10.3. The van der Waals surface area contributed by atoms with E-state index in [0.29, 0.717) is 13.0 Å². The van der Waals surface area contributed by atoms with Crippen molar-refractivity contribution in [2.75, 3.05) is 27.2 Å². The molecule has 1 fully saturated rings. The molecule has 0 spiro atoms. The zero-order valence-corrected chi connectivity index (χ0v) is 19.2. The van der Waals surface area contributed by atoms with E-state index < -0.39 is 11.4 Å².